The van der Waals surface area contributed by atoms with Gasteiger partial charge < -0.3 is 24.6 Å². The number of hydrogen-bond acceptors (Lipinski definition) is 11. The third-order valence-electron chi connectivity index (χ3n) is 16.2. The molecule has 1 unspecified atom stereocenters. The molecule has 8 fully saturated rings. The molecule has 4 aliphatic carbocycles. The number of nitrogens with zero attached hydrogens (tertiary/aromatic N) is 9. The van der Waals surface area contributed by atoms with Crippen LogP contribution >= 0.6 is 0 Å². The van der Waals surface area contributed by atoms with E-state index in [0.29, 0.717) is 24.6 Å². The van der Waals surface area contributed by atoms with Crippen molar-refractivity contribution >= 4 is 45.9 Å². The van der Waals surface area contributed by atoms with Gasteiger partial charge in [-0.1, -0.05) is 12.1 Å². The van der Waals surface area contributed by atoms with Crippen LogP contribution in [0.5, 0.6) is 0 Å². The summed E-state index contributed by atoms with van der Waals surface area (Å²) in [6.07, 6.45) is 12.4. The number of fused-ring (bicyclic) bond motifs is 4. The van der Waals surface area contributed by atoms with E-state index in [9.17, 15) is 28.0 Å². The second kappa shape index (κ2) is 15.8. The monoisotopic (exact) mass is 907 g/mol. The molecule has 0 radical (unpaired) electrons. The standard InChI is InChI=1S/C47H55F2N11O6/c1-55-40-33(3-2-4-35(40)60(45(55)64)36-9-10-38(61)53-44(36)63)47-23-46(24-47,25-47)26-66-30-11-14-56(15-12-30)19-27-5-7-28(8-6-27)59-21-34(39(54-59)41(48)49)51-43(62)32-18-50-58-16-13-37(52-42(32)58)57-20-31-17-29(57)22-65-31/h2-4,13,16,18,21,27-31,36,41H,5-12,14-15,17,19-20,22-26H2,1H3,(H,51,62)(H,53,61,63)/t27-,28-,29-,31-,36?,46-,47-/m1/s1. The van der Waals surface area contributed by atoms with Crippen LogP contribution in [0, 0.1) is 11.3 Å². The molecule has 4 saturated carbocycles. The van der Waals surface area contributed by atoms with Crippen molar-refractivity contribution in [3.63, 3.8) is 0 Å². The maximum absolute atomic E-state index is 14.3. The Morgan fingerprint density at radius 2 is 1.83 bits per heavy atom. The highest BCUT2D eigenvalue weighted by Crippen LogP contribution is 2.74. The van der Waals surface area contributed by atoms with Crippen molar-refractivity contribution in [3.8, 4) is 0 Å². The van der Waals surface area contributed by atoms with Gasteiger partial charge in [-0.25, -0.2) is 23.1 Å². The average Bonchev–Trinajstić information content (AvgIpc) is 4.14. The zero-order chi connectivity index (χ0) is 45.1. The molecule has 348 valence electrons. The number of carbonyl (C=O) groups excluding carboxylic acids is 3. The third kappa shape index (κ3) is 6.97. The predicted molar refractivity (Wildman–Crippen MR) is 237 cm³/mol. The third-order valence-corrected chi connectivity index (χ3v) is 16.2. The number of carbonyl (C=O) groups is 3. The number of rotatable bonds is 12. The maximum Gasteiger partial charge on any atom is 0.329 e. The van der Waals surface area contributed by atoms with Crippen LogP contribution in [0.2, 0.25) is 0 Å². The fourth-order valence-electron chi connectivity index (χ4n) is 12.9. The Labute approximate surface area is 378 Å². The number of aromatic nitrogens is 7. The lowest BCUT2D eigenvalue weighted by atomic mass is 9.33. The van der Waals surface area contributed by atoms with Gasteiger partial charge in [-0.05, 0) is 105 Å². The minimum absolute atomic E-state index is 0.00484. The van der Waals surface area contributed by atoms with E-state index in [4.69, 9.17) is 14.5 Å². The van der Waals surface area contributed by atoms with E-state index in [1.54, 1.807) is 33.3 Å². The molecule has 4 aliphatic heterocycles. The van der Waals surface area contributed by atoms with Crippen molar-refractivity contribution in [1.29, 1.82) is 0 Å². The van der Waals surface area contributed by atoms with Crippen LogP contribution in [0.3, 0.4) is 0 Å². The lowest BCUT2D eigenvalue weighted by Gasteiger charge is -2.71. The van der Waals surface area contributed by atoms with Crippen molar-refractivity contribution in [1.82, 2.24) is 43.7 Å². The molecule has 5 aromatic rings. The number of nitrogens with one attached hydrogen (secondary N) is 2. The number of para-hydroxylation sites is 1. The smallest absolute Gasteiger partial charge is 0.329 e. The molecule has 2 N–H and O–H groups in total. The number of anilines is 2. The van der Waals surface area contributed by atoms with Crippen molar-refractivity contribution in [3.05, 3.63) is 70.2 Å². The Hall–Kier alpha value is -5.53. The van der Waals surface area contributed by atoms with Gasteiger partial charge in [-0.2, -0.15) is 10.2 Å². The summed E-state index contributed by atoms with van der Waals surface area (Å²) in [5, 5.41) is 13.7. The van der Waals surface area contributed by atoms with Crippen LogP contribution in [-0.4, -0.2) is 114 Å². The molecule has 8 aliphatic rings. The predicted octanol–water partition coefficient (Wildman–Crippen LogP) is 5.06. The summed E-state index contributed by atoms with van der Waals surface area (Å²) in [6, 6.07) is 7.41. The number of morpholine rings is 1. The van der Waals surface area contributed by atoms with Gasteiger partial charge in [0.1, 0.15) is 17.4 Å². The first-order valence-electron chi connectivity index (χ1n) is 23.7. The van der Waals surface area contributed by atoms with Crippen molar-refractivity contribution in [2.24, 2.45) is 18.4 Å². The largest absolute Gasteiger partial charge is 0.378 e. The average molecular weight is 908 g/mol. The number of likely N-dealkylation sites (tertiary alicyclic amines) is 1. The molecule has 4 saturated heterocycles. The van der Waals surface area contributed by atoms with Gasteiger partial charge in [0.05, 0.1) is 60.4 Å². The lowest BCUT2D eigenvalue weighted by molar-refractivity contribution is -0.193. The zero-order valence-electron chi connectivity index (χ0n) is 37.0. The number of imide groups is 1. The number of halogens is 2. The summed E-state index contributed by atoms with van der Waals surface area (Å²) in [4.78, 5) is 61.1. The van der Waals surface area contributed by atoms with Crippen molar-refractivity contribution in [2.45, 2.75) is 119 Å². The molecule has 19 heteroatoms. The normalized spacial score (nSPS) is 30.1. The first kappa shape index (κ1) is 41.9. The Balaban J connectivity index is 0.612. The van der Waals surface area contributed by atoms with Crippen molar-refractivity contribution < 1.29 is 32.6 Å². The van der Waals surface area contributed by atoms with Crippen LogP contribution in [0.15, 0.2) is 47.7 Å². The summed E-state index contributed by atoms with van der Waals surface area (Å²) < 4.78 is 47.4. The Morgan fingerprint density at radius 3 is 2.56 bits per heavy atom. The Kier molecular flexibility index (Phi) is 10.0. The quantitative estimate of drug-likeness (QED) is 0.160. The van der Waals surface area contributed by atoms with Crippen LogP contribution in [0.25, 0.3) is 16.7 Å². The fraction of sp³-hybridized carbons (Fsp3) is 0.596. The van der Waals surface area contributed by atoms with Gasteiger partial charge in [-0.15, -0.1) is 0 Å². The molecule has 17 nitrogen and oxygen atoms in total. The minimum atomic E-state index is -2.85. The van der Waals surface area contributed by atoms with Gasteiger partial charge in [0.2, 0.25) is 11.8 Å². The van der Waals surface area contributed by atoms with Gasteiger partial charge >= 0.3 is 5.69 Å². The molecule has 4 aromatic heterocycles. The molecule has 1 aromatic carbocycles. The number of imidazole rings is 1. The number of ether oxygens (including phenoxy) is 2. The van der Waals surface area contributed by atoms with Gasteiger partial charge in [0, 0.05) is 52.0 Å². The van der Waals surface area contributed by atoms with Gasteiger partial charge in [-0.3, -0.25) is 33.5 Å². The number of aryl methyl sites for hydroxylation is 1. The van der Waals surface area contributed by atoms with Crippen LogP contribution in [-0.2, 0) is 31.5 Å². The highest BCUT2D eigenvalue weighted by Gasteiger charge is 2.69. The fourth-order valence-corrected chi connectivity index (χ4v) is 12.9. The van der Waals surface area contributed by atoms with E-state index in [0.717, 1.165) is 114 Å². The number of amides is 3. The molecule has 3 atom stereocenters. The number of piperidine rings is 2. The van der Waals surface area contributed by atoms with E-state index < -0.39 is 30.0 Å². The van der Waals surface area contributed by atoms with Gasteiger partial charge in [0.15, 0.2) is 11.3 Å². The van der Waals surface area contributed by atoms with E-state index in [1.807, 2.05) is 18.2 Å². The zero-order valence-corrected chi connectivity index (χ0v) is 37.0. The van der Waals surface area contributed by atoms with E-state index in [1.165, 1.54) is 16.3 Å². The molecular formula is C47H55F2N11O6. The van der Waals surface area contributed by atoms with E-state index in [-0.39, 0.29) is 64.4 Å². The highest BCUT2D eigenvalue weighted by molar-refractivity contribution is 6.08. The Bertz CT molecular complexity index is 2800. The summed E-state index contributed by atoms with van der Waals surface area (Å²) in [5.74, 6) is -0.0297. The minimum Gasteiger partial charge on any atom is -0.378 e. The number of benzene rings is 1. The second-order valence-electron chi connectivity index (χ2n) is 20.4. The van der Waals surface area contributed by atoms with Crippen LogP contribution in [0.4, 0.5) is 20.3 Å². The molecule has 0 spiro atoms. The van der Waals surface area contributed by atoms with E-state index >= 15 is 0 Å². The molecule has 4 bridgehead atoms. The van der Waals surface area contributed by atoms with Gasteiger partial charge in [0.25, 0.3) is 12.3 Å². The number of alkyl halides is 2. The molecular weight excluding hydrogens is 853 g/mol. The SMILES string of the molecule is Cn1c(=O)n(C2CCC(=O)NC2=O)c2cccc([C@]34C[C@@](COC5CCN(C[C@H]6CC[C@H](n7cc(NC(=O)c8cnn9ccc(N%10C[C@H]%11C[C@@H]%10CO%11)nc89)c(C(F)F)n7)CC6)CC5)(C3)C4)c21. The summed E-state index contributed by atoms with van der Waals surface area (Å²) in [6.45, 7) is 5.11. The topological polar surface area (TPSA) is 175 Å². The first-order chi connectivity index (χ1) is 31.9. The lowest BCUT2D eigenvalue weighted by Crippen LogP contribution is -2.66. The summed E-state index contributed by atoms with van der Waals surface area (Å²) in [5.41, 5.74) is 2.87. The highest BCUT2D eigenvalue weighted by atomic mass is 19.3. The number of hydrogen-bond donors (Lipinski definition) is 2. The summed E-state index contributed by atoms with van der Waals surface area (Å²) in [7, 11) is 1.78. The van der Waals surface area contributed by atoms with Crippen LogP contribution < -0.4 is 21.2 Å². The van der Waals surface area contributed by atoms with E-state index in [2.05, 4.69) is 36.7 Å². The Morgan fingerprint density at radius 1 is 1.03 bits per heavy atom. The maximum atomic E-state index is 14.3. The van der Waals surface area contributed by atoms with Crippen LogP contribution in [0.1, 0.15) is 117 Å². The first-order valence-corrected chi connectivity index (χ1v) is 23.7. The van der Waals surface area contributed by atoms with Crippen molar-refractivity contribution in [2.75, 3.05) is 49.6 Å². The second-order valence-corrected chi connectivity index (χ2v) is 20.4. The summed E-state index contributed by atoms with van der Waals surface area (Å²) >= 11 is 0. The molecule has 66 heavy (non-hydrogen) atoms. The molecule has 8 heterocycles. The molecule has 13 rings (SSSR count). The molecule has 3 amide bonds.